The lowest BCUT2D eigenvalue weighted by Crippen LogP contribution is -2.08. The van der Waals surface area contributed by atoms with E-state index in [9.17, 15) is 9.59 Å². The quantitative estimate of drug-likeness (QED) is 0.543. The predicted octanol–water partition coefficient (Wildman–Crippen LogP) is 4.89. The lowest BCUT2D eigenvalue weighted by Gasteiger charge is -2.07. The van der Waals surface area contributed by atoms with Crippen molar-refractivity contribution in [2.45, 2.75) is 25.6 Å². The number of hydrogen-bond acceptors (Lipinski definition) is 4. The van der Waals surface area contributed by atoms with Crippen molar-refractivity contribution < 1.29 is 19.1 Å². The fourth-order valence-corrected chi connectivity index (χ4v) is 3.36. The zero-order valence-corrected chi connectivity index (χ0v) is 16.0. The molecule has 0 bridgehead atoms. The van der Waals surface area contributed by atoms with Crippen LogP contribution in [0, 0.1) is 5.92 Å². The van der Waals surface area contributed by atoms with E-state index < -0.39 is 0 Å². The van der Waals surface area contributed by atoms with Gasteiger partial charge in [0.05, 0.1) is 11.5 Å². The van der Waals surface area contributed by atoms with Crippen molar-refractivity contribution in [1.82, 2.24) is 0 Å². The maximum Gasteiger partial charge on any atom is 0.338 e. The van der Waals surface area contributed by atoms with Crippen molar-refractivity contribution in [3.63, 3.8) is 0 Å². The Morgan fingerprint density at radius 3 is 2.03 bits per heavy atom. The van der Waals surface area contributed by atoms with E-state index >= 15 is 0 Å². The second-order valence-corrected chi connectivity index (χ2v) is 7.23. The van der Waals surface area contributed by atoms with Gasteiger partial charge in [0.1, 0.15) is 13.2 Å². The van der Waals surface area contributed by atoms with Crippen LogP contribution in [0.4, 0.5) is 0 Å². The molecule has 0 radical (unpaired) electrons. The van der Waals surface area contributed by atoms with Crippen LogP contribution < -0.4 is 0 Å². The first-order chi connectivity index (χ1) is 14.2. The first-order valence-electron chi connectivity index (χ1n) is 9.72. The number of hydrogen-bond donors (Lipinski definition) is 0. The molecule has 1 fully saturated rings. The number of rotatable bonds is 7. The van der Waals surface area contributed by atoms with Crippen LogP contribution in [0.2, 0.25) is 0 Å². The zero-order chi connectivity index (χ0) is 20.1. The van der Waals surface area contributed by atoms with Crippen LogP contribution in [-0.4, -0.2) is 11.9 Å². The average Bonchev–Trinajstić information content (AvgIpc) is 3.58. The van der Waals surface area contributed by atoms with Crippen LogP contribution in [0.25, 0.3) is 0 Å². The van der Waals surface area contributed by atoms with Crippen LogP contribution >= 0.6 is 0 Å². The summed E-state index contributed by atoms with van der Waals surface area (Å²) < 4.78 is 10.8. The number of carbonyl (C=O) groups is 2. The van der Waals surface area contributed by atoms with Gasteiger partial charge in [0.25, 0.3) is 0 Å². The van der Waals surface area contributed by atoms with E-state index in [2.05, 4.69) is 0 Å². The minimum atomic E-state index is -0.362. The highest BCUT2D eigenvalue weighted by molar-refractivity contribution is 5.89. The summed E-state index contributed by atoms with van der Waals surface area (Å²) in [7, 11) is 0. The summed E-state index contributed by atoms with van der Waals surface area (Å²) in [4.78, 5) is 24.7. The molecule has 0 heterocycles. The molecule has 4 nitrogen and oxygen atoms in total. The molecule has 0 aromatic heterocycles. The van der Waals surface area contributed by atoms with Crippen LogP contribution in [0.15, 0.2) is 84.9 Å². The predicted molar refractivity (Wildman–Crippen MR) is 109 cm³/mol. The third-order valence-electron chi connectivity index (χ3n) is 5.08. The lowest BCUT2D eigenvalue weighted by molar-refractivity contribution is -0.146. The van der Waals surface area contributed by atoms with Gasteiger partial charge >= 0.3 is 11.9 Å². The normalized spacial score (nSPS) is 17.4. The van der Waals surface area contributed by atoms with Gasteiger partial charge in [-0.25, -0.2) is 4.79 Å². The maximum atomic E-state index is 12.4. The summed E-state index contributed by atoms with van der Waals surface area (Å²) in [6.45, 7) is 0.524. The molecule has 0 amide bonds. The molecule has 4 heteroatoms. The van der Waals surface area contributed by atoms with Crippen LogP contribution in [-0.2, 0) is 27.5 Å². The van der Waals surface area contributed by atoms with E-state index in [1.54, 1.807) is 6.07 Å². The molecule has 0 saturated heterocycles. The Kier molecular flexibility index (Phi) is 5.71. The smallest absolute Gasteiger partial charge is 0.338 e. The first-order valence-corrected chi connectivity index (χ1v) is 9.72. The van der Waals surface area contributed by atoms with Crippen molar-refractivity contribution in [2.24, 2.45) is 5.92 Å². The monoisotopic (exact) mass is 386 g/mol. The molecular weight excluding hydrogens is 364 g/mol. The fourth-order valence-electron chi connectivity index (χ4n) is 3.36. The third kappa shape index (κ3) is 4.91. The SMILES string of the molecule is O=C(OCc1ccccc1)c1cccc(C2CC2C(=O)OCc2ccccc2)c1. The minimum Gasteiger partial charge on any atom is -0.461 e. The second kappa shape index (κ2) is 8.74. The van der Waals surface area contributed by atoms with Gasteiger partial charge in [-0.2, -0.15) is 0 Å². The number of ether oxygens (including phenoxy) is 2. The lowest BCUT2D eigenvalue weighted by atomic mass is 10.1. The largest absolute Gasteiger partial charge is 0.461 e. The summed E-state index contributed by atoms with van der Waals surface area (Å²) in [5, 5.41) is 0. The molecule has 0 aliphatic heterocycles. The van der Waals surface area contributed by atoms with Crippen LogP contribution in [0.1, 0.15) is 39.4 Å². The number of benzene rings is 3. The van der Waals surface area contributed by atoms with Crippen molar-refractivity contribution >= 4 is 11.9 Å². The van der Waals surface area contributed by atoms with Gasteiger partial charge in [-0.3, -0.25) is 4.79 Å². The van der Waals surface area contributed by atoms with E-state index in [0.717, 1.165) is 23.1 Å². The Balaban J connectivity index is 1.32. The Bertz CT molecular complexity index is 982. The molecule has 1 aliphatic rings. The van der Waals surface area contributed by atoms with Crippen molar-refractivity contribution in [3.8, 4) is 0 Å². The third-order valence-corrected chi connectivity index (χ3v) is 5.08. The molecule has 1 saturated carbocycles. The van der Waals surface area contributed by atoms with Gasteiger partial charge in [-0.05, 0) is 41.2 Å². The molecule has 2 unspecified atom stereocenters. The summed E-state index contributed by atoms with van der Waals surface area (Å²) in [5.41, 5.74) is 3.39. The molecule has 4 rings (SSSR count). The summed E-state index contributed by atoms with van der Waals surface area (Å²) in [6, 6.07) is 26.6. The molecule has 29 heavy (non-hydrogen) atoms. The Morgan fingerprint density at radius 1 is 0.759 bits per heavy atom. The highest BCUT2D eigenvalue weighted by atomic mass is 16.5. The van der Waals surface area contributed by atoms with Crippen molar-refractivity contribution in [2.75, 3.05) is 0 Å². The highest BCUT2D eigenvalue weighted by Gasteiger charge is 2.45. The molecule has 2 atom stereocenters. The van der Waals surface area contributed by atoms with Gasteiger partial charge in [0.15, 0.2) is 0 Å². The van der Waals surface area contributed by atoms with Crippen LogP contribution in [0.3, 0.4) is 0 Å². The summed E-state index contributed by atoms with van der Waals surface area (Å²) >= 11 is 0. The van der Waals surface area contributed by atoms with E-state index in [1.807, 2.05) is 78.9 Å². The zero-order valence-electron chi connectivity index (χ0n) is 16.0. The van der Waals surface area contributed by atoms with Crippen LogP contribution in [0.5, 0.6) is 0 Å². The molecule has 146 valence electrons. The Morgan fingerprint density at radius 2 is 1.38 bits per heavy atom. The van der Waals surface area contributed by atoms with Gasteiger partial charge < -0.3 is 9.47 Å². The fraction of sp³-hybridized carbons (Fsp3) is 0.200. The van der Waals surface area contributed by atoms with E-state index in [0.29, 0.717) is 5.56 Å². The van der Waals surface area contributed by atoms with E-state index in [1.165, 1.54) is 0 Å². The maximum absolute atomic E-state index is 12.4. The number of esters is 2. The van der Waals surface area contributed by atoms with Crippen molar-refractivity contribution in [3.05, 3.63) is 107 Å². The Hall–Kier alpha value is -3.40. The summed E-state index contributed by atoms with van der Waals surface area (Å²) in [5.74, 6) is -0.593. The van der Waals surface area contributed by atoms with E-state index in [4.69, 9.17) is 9.47 Å². The molecular formula is C25H22O4. The molecule has 0 spiro atoms. The molecule has 3 aromatic carbocycles. The molecule has 0 N–H and O–H groups in total. The van der Waals surface area contributed by atoms with Gasteiger partial charge in [0.2, 0.25) is 0 Å². The van der Waals surface area contributed by atoms with Gasteiger partial charge in [0, 0.05) is 0 Å². The second-order valence-electron chi connectivity index (χ2n) is 7.23. The van der Waals surface area contributed by atoms with Gasteiger partial charge in [-0.1, -0.05) is 72.8 Å². The van der Waals surface area contributed by atoms with Crippen molar-refractivity contribution in [1.29, 1.82) is 0 Å². The highest BCUT2D eigenvalue weighted by Crippen LogP contribution is 2.48. The minimum absolute atomic E-state index is 0.0974. The standard InChI is InChI=1S/C25H22O4/c26-24(28-16-18-8-3-1-4-9-18)21-13-7-12-20(14-21)22-15-23(22)25(27)29-17-19-10-5-2-6-11-19/h1-14,22-23H,15-17H2. The summed E-state index contributed by atoms with van der Waals surface area (Å²) in [6.07, 6.45) is 0.746. The molecule has 1 aliphatic carbocycles. The van der Waals surface area contributed by atoms with Gasteiger partial charge in [-0.15, -0.1) is 0 Å². The topological polar surface area (TPSA) is 52.6 Å². The Labute approximate surface area is 170 Å². The average molecular weight is 386 g/mol. The molecule has 3 aromatic rings. The van der Waals surface area contributed by atoms with E-state index in [-0.39, 0.29) is 37.0 Å². The number of carbonyl (C=O) groups excluding carboxylic acids is 2. The first kappa shape index (κ1) is 18.9.